The minimum Gasteiger partial charge on any atom is -0.310 e. The van der Waals surface area contributed by atoms with Gasteiger partial charge in [-0.05, 0) is 36.8 Å². The standard InChI is InChI=1S/C14H13ClN2O/c1-10-5-3-6-11(9-10)17(2)14(18)12-7-4-8-13(15)16-12/h3-9H,1-2H3. The number of rotatable bonds is 2. The summed E-state index contributed by atoms with van der Waals surface area (Å²) in [6.07, 6.45) is 0. The fourth-order valence-corrected chi connectivity index (χ4v) is 1.82. The first kappa shape index (κ1) is 12.6. The second-order valence-corrected chi connectivity index (χ2v) is 4.44. The van der Waals surface area contributed by atoms with E-state index in [2.05, 4.69) is 4.98 Å². The summed E-state index contributed by atoms with van der Waals surface area (Å²) in [6.45, 7) is 1.99. The van der Waals surface area contributed by atoms with Crippen LogP contribution in [0.5, 0.6) is 0 Å². The van der Waals surface area contributed by atoms with Crippen LogP contribution in [0.15, 0.2) is 42.5 Å². The zero-order valence-corrected chi connectivity index (χ0v) is 11.0. The third-order valence-corrected chi connectivity index (χ3v) is 2.84. The summed E-state index contributed by atoms with van der Waals surface area (Å²) in [7, 11) is 1.72. The smallest absolute Gasteiger partial charge is 0.276 e. The van der Waals surface area contributed by atoms with Gasteiger partial charge in [0.15, 0.2) is 0 Å². The number of hydrogen-bond acceptors (Lipinski definition) is 2. The molecule has 1 aromatic heterocycles. The van der Waals surface area contributed by atoms with Crippen molar-refractivity contribution in [1.29, 1.82) is 0 Å². The predicted molar refractivity (Wildman–Crippen MR) is 73.2 cm³/mol. The number of halogens is 1. The van der Waals surface area contributed by atoms with Crippen LogP contribution >= 0.6 is 11.6 Å². The zero-order valence-electron chi connectivity index (χ0n) is 10.2. The van der Waals surface area contributed by atoms with Crippen molar-refractivity contribution in [2.45, 2.75) is 6.92 Å². The molecule has 0 spiro atoms. The number of pyridine rings is 1. The van der Waals surface area contributed by atoms with Crippen LogP contribution in [-0.4, -0.2) is 17.9 Å². The van der Waals surface area contributed by atoms with Crippen LogP contribution in [-0.2, 0) is 0 Å². The molecule has 0 fully saturated rings. The van der Waals surface area contributed by atoms with Crippen molar-refractivity contribution < 1.29 is 4.79 Å². The summed E-state index contributed by atoms with van der Waals surface area (Å²) in [5, 5.41) is 0.318. The summed E-state index contributed by atoms with van der Waals surface area (Å²) in [5.74, 6) is -0.178. The number of carbonyl (C=O) groups is 1. The number of hydrogen-bond donors (Lipinski definition) is 0. The molecule has 0 atom stereocenters. The number of carbonyl (C=O) groups excluding carboxylic acids is 1. The van der Waals surface area contributed by atoms with Gasteiger partial charge < -0.3 is 4.90 Å². The molecule has 4 heteroatoms. The number of benzene rings is 1. The van der Waals surface area contributed by atoms with Gasteiger partial charge in [-0.2, -0.15) is 0 Å². The number of nitrogens with zero attached hydrogens (tertiary/aromatic N) is 2. The van der Waals surface area contributed by atoms with Crippen LogP contribution in [0.3, 0.4) is 0 Å². The lowest BCUT2D eigenvalue weighted by atomic mass is 10.2. The molecule has 0 unspecified atom stereocenters. The first-order chi connectivity index (χ1) is 8.58. The summed E-state index contributed by atoms with van der Waals surface area (Å²) in [6, 6.07) is 12.7. The largest absolute Gasteiger partial charge is 0.310 e. The summed E-state index contributed by atoms with van der Waals surface area (Å²) in [4.78, 5) is 17.8. The molecule has 0 bridgehead atoms. The molecule has 18 heavy (non-hydrogen) atoms. The Morgan fingerprint density at radius 3 is 2.61 bits per heavy atom. The van der Waals surface area contributed by atoms with Gasteiger partial charge in [0, 0.05) is 12.7 Å². The number of aryl methyl sites for hydroxylation is 1. The van der Waals surface area contributed by atoms with E-state index in [4.69, 9.17) is 11.6 Å². The van der Waals surface area contributed by atoms with Crippen LogP contribution < -0.4 is 4.90 Å². The Morgan fingerprint density at radius 1 is 1.22 bits per heavy atom. The van der Waals surface area contributed by atoms with Crippen molar-refractivity contribution in [2.24, 2.45) is 0 Å². The van der Waals surface area contributed by atoms with E-state index < -0.39 is 0 Å². The second kappa shape index (κ2) is 5.19. The van der Waals surface area contributed by atoms with Crippen molar-refractivity contribution in [3.8, 4) is 0 Å². The lowest BCUT2D eigenvalue weighted by Gasteiger charge is -2.17. The van der Waals surface area contributed by atoms with Crippen molar-refractivity contribution in [2.75, 3.05) is 11.9 Å². The highest BCUT2D eigenvalue weighted by Gasteiger charge is 2.14. The van der Waals surface area contributed by atoms with Gasteiger partial charge in [0.1, 0.15) is 10.8 Å². The maximum Gasteiger partial charge on any atom is 0.276 e. The molecule has 0 radical (unpaired) electrons. The Kier molecular flexibility index (Phi) is 3.63. The molecule has 2 aromatic rings. The first-order valence-corrected chi connectivity index (χ1v) is 5.93. The van der Waals surface area contributed by atoms with Crippen LogP contribution in [0, 0.1) is 6.92 Å². The van der Waals surface area contributed by atoms with Crippen molar-refractivity contribution in [3.05, 3.63) is 58.9 Å². The molecule has 0 saturated heterocycles. The maximum absolute atomic E-state index is 12.2. The maximum atomic E-state index is 12.2. The second-order valence-electron chi connectivity index (χ2n) is 4.05. The number of aromatic nitrogens is 1. The highest BCUT2D eigenvalue weighted by molar-refractivity contribution is 6.29. The van der Waals surface area contributed by atoms with E-state index in [9.17, 15) is 4.79 Å². The minimum absolute atomic E-state index is 0.178. The molecule has 3 nitrogen and oxygen atoms in total. The van der Waals surface area contributed by atoms with Gasteiger partial charge in [-0.1, -0.05) is 29.8 Å². The fraction of sp³-hybridized carbons (Fsp3) is 0.143. The van der Waals surface area contributed by atoms with Gasteiger partial charge in [0.05, 0.1) is 0 Å². The van der Waals surface area contributed by atoms with Crippen LogP contribution in [0.25, 0.3) is 0 Å². The quantitative estimate of drug-likeness (QED) is 0.776. The Bertz CT molecular complexity index is 584. The third-order valence-electron chi connectivity index (χ3n) is 2.63. The molecule has 1 amide bonds. The van der Waals surface area contributed by atoms with Gasteiger partial charge in [-0.3, -0.25) is 4.79 Å². The van der Waals surface area contributed by atoms with E-state index in [0.717, 1.165) is 11.3 Å². The van der Waals surface area contributed by atoms with E-state index in [-0.39, 0.29) is 5.91 Å². The average Bonchev–Trinajstić information content (AvgIpc) is 2.37. The van der Waals surface area contributed by atoms with Gasteiger partial charge in [0.25, 0.3) is 5.91 Å². The topological polar surface area (TPSA) is 33.2 Å². The van der Waals surface area contributed by atoms with Gasteiger partial charge >= 0.3 is 0 Å². The van der Waals surface area contributed by atoms with E-state index in [1.165, 1.54) is 0 Å². The molecule has 0 aliphatic heterocycles. The van der Waals surface area contributed by atoms with Crippen LogP contribution in [0.1, 0.15) is 16.1 Å². The van der Waals surface area contributed by atoms with E-state index in [1.54, 1.807) is 30.1 Å². The SMILES string of the molecule is Cc1cccc(N(C)C(=O)c2cccc(Cl)n2)c1. The highest BCUT2D eigenvalue weighted by Crippen LogP contribution is 2.17. The molecule has 1 heterocycles. The monoisotopic (exact) mass is 260 g/mol. The molecule has 0 aliphatic rings. The summed E-state index contributed by atoms with van der Waals surface area (Å²) < 4.78 is 0. The Hall–Kier alpha value is -1.87. The molecule has 1 aromatic carbocycles. The van der Waals surface area contributed by atoms with Crippen LogP contribution in [0.4, 0.5) is 5.69 Å². The van der Waals surface area contributed by atoms with Gasteiger partial charge in [0.2, 0.25) is 0 Å². The van der Waals surface area contributed by atoms with Gasteiger partial charge in [-0.15, -0.1) is 0 Å². The normalized spacial score (nSPS) is 10.2. The van der Waals surface area contributed by atoms with Crippen molar-refractivity contribution >= 4 is 23.2 Å². The summed E-state index contributed by atoms with van der Waals surface area (Å²) in [5.41, 5.74) is 2.28. The molecule has 92 valence electrons. The third kappa shape index (κ3) is 2.68. The van der Waals surface area contributed by atoms with Crippen LogP contribution in [0.2, 0.25) is 5.15 Å². The van der Waals surface area contributed by atoms with E-state index in [0.29, 0.717) is 10.8 Å². The summed E-state index contributed by atoms with van der Waals surface area (Å²) >= 11 is 5.78. The van der Waals surface area contributed by atoms with Crippen molar-refractivity contribution in [1.82, 2.24) is 4.98 Å². The minimum atomic E-state index is -0.178. The molecule has 0 N–H and O–H groups in total. The van der Waals surface area contributed by atoms with E-state index >= 15 is 0 Å². The zero-order chi connectivity index (χ0) is 13.1. The molecular weight excluding hydrogens is 248 g/mol. The number of anilines is 1. The predicted octanol–water partition coefficient (Wildman–Crippen LogP) is 3.32. The Labute approximate surface area is 111 Å². The lowest BCUT2D eigenvalue weighted by Crippen LogP contribution is -2.27. The molecule has 0 saturated carbocycles. The fourth-order valence-electron chi connectivity index (χ4n) is 1.65. The molecular formula is C14H13ClN2O. The van der Waals surface area contributed by atoms with Gasteiger partial charge in [-0.25, -0.2) is 4.98 Å². The number of amides is 1. The van der Waals surface area contributed by atoms with E-state index in [1.807, 2.05) is 31.2 Å². The van der Waals surface area contributed by atoms with Crippen molar-refractivity contribution in [3.63, 3.8) is 0 Å². The first-order valence-electron chi connectivity index (χ1n) is 5.55. The average molecular weight is 261 g/mol. The lowest BCUT2D eigenvalue weighted by molar-refractivity contribution is 0.0988. The molecule has 2 rings (SSSR count). The Morgan fingerprint density at radius 2 is 1.94 bits per heavy atom. The Balaban J connectivity index is 2.29. The molecule has 0 aliphatic carbocycles. The highest BCUT2D eigenvalue weighted by atomic mass is 35.5.